The van der Waals surface area contributed by atoms with E-state index in [1.54, 1.807) is 0 Å². The minimum absolute atomic E-state index is 0.828. The number of benzene rings is 2. The average Bonchev–Trinajstić information content (AvgIpc) is 2.63. The van der Waals surface area contributed by atoms with Crippen LogP contribution in [0.25, 0.3) is 16.6 Å². The van der Waals surface area contributed by atoms with Crippen molar-refractivity contribution in [2.45, 2.75) is 6.92 Å². The molecule has 0 saturated carbocycles. The van der Waals surface area contributed by atoms with Crippen LogP contribution in [0.3, 0.4) is 0 Å². The van der Waals surface area contributed by atoms with Gasteiger partial charge in [-0.2, -0.15) is 0 Å². The van der Waals surface area contributed by atoms with Crippen molar-refractivity contribution in [2.24, 2.45) is 0 Å². The SMILES string of the molecule is Cc1ccc2c(Cl)c(I)n(-c3ccccc3)c2c1. The lowest BCUT2D eigenvalue weighted by atomic mass is 10.2. The number of halogens is 2. The molecule has 0 unspecified atom stereocenters. The lowest BCUT2D eigenvalue weighted by Gasteiger charge is -2.07. The van der Waals surface area contributed by atoms with Crippen molar-refractivity contribution in [2.75, 3.05) is 0 Å². The Labute approximate surface area is 125 Å². The Bertz CT molecular complexity index is 716. The van der Waals surface area contributed by atoms with Gasteiger partial charge < -0.3 is 4.57 Å². The van der Waals surface area contributed by atoms with E-state index >= 15 is 0 Å². The Morgan fingerprint density at radius 2 is 1.78 bits per heavy atom. The maximum absolute atomic E-state index is 6.42. The van der Waals surface area contributed by atoms with E-state index in [1.165, 1.54) is 5.56 Å². The van der Waals surface area contributed by atoms with Gasteiger partial charge in [-0.3, -0.25) is 0 Å². The Hall–Kier alpha value is -1.00. The van der Waals surface area contributed by atoms with Gasteiger partial charge in [0.05, 0.1) is 10.5 Å². The highest BCUT2D eigenvalue weighted by Gasteiger charge is 2.14. The third kappa shape index (κ3) is 1.84. The van der Waals surface area contributed by atoms with Crippen LogP contribution in [0.15, 0.2) is 48.5 Å². The summed E-state index contributed by atoms with van der Waals surface area (Å²) >= 11 is 8.72. The first-order valence-electron chi connectivity index (χ1n) is 5.70. The van der Waals surface area contributed by atoms with E-state index in [0.717, 1.165) is 25.3 Å². The highest BCUT2D eigenvalue weighted by Crippen LogP contribution is 2.34. The third-order valence-electron chi connectivity index (χ3n) is 3.02. The molecule has 0 aliphatic carbocycles. The Balaban J connectivity index is 2.42. The summed E-state index contributed by atoms with van der Waals surface area (Å²) in [5.74, 6) is 0. The van der Waals surface area contributed by atoms with Gasteiger partial charge in [-0.05, 0) is 53.3 Å². The summed E-state index contributed by atoms with van der Waals surface area (Å²) in [5, 5.41) is 1.94. The summed E-state index contributed by atoms with van der Waals surface area (Å²) < 4.78 is 3.26. The Kier molecular flexibility index (Phi) is 3.08. The largest absolute Gasteiger partial charge is 0.303 e. The van der Waals surface area contributed by atoms with Gasteiger partial charge >= 0.3 is 0 Å². The quantitative estimate of drug-likeness (QED) is 0.521. The number of hydrogen-bond acceptors (Lipinski definition) is 0. The summed E-state index contributed by atoms with van der Waals surface area (Å²) in [4.78, 5) is 0. The summed E-state index contributed by atoms with van der Waals surface area (Å²) in [6.07, 6.45) is 0. The molecule has 1 nitrogen and oxygen atoms in total. The molecule has 0 saturated heterocycles. The molecule has 1 heterocycles. The first-order valence-corrected chi connectivity index (χ1v) is 7.15. The summed E-state index contributed by atoms with van der Waals surface area (Å²) in [6, 6.07) is 16.7. The number of para-hydroxylation sites is 1. The van der Waals surface area contributed by atoms with Crippen molar-refractivity contribution in [1.82, 2.24) is 4.57 Å². The van der Waals surface area contributed by atoms with Crippen LogP contribution in [-0.4, -0.2) is 4.57 Å². The van der Waals surface area contributed by atoms with E-state index in [-0.39, 0.29) is 0 Å². The molecular formula is C15H11ClIN. The lowest BCUT2D eigenvalue weighted by Crippen LogP contribution is -1.95. The van der Waals surface area contributed by atoms with Gasteiger partial charge in [-0.1, -0.05) is 41.9 Å². The first kappa shape index (κ1) is 12.1. The molecule has 3 rings (SSSR count). The molecule has 0 spiro atoms. The van der Waals surface area contributed by atoms with Crippen molar-refractivity contribution in [1.29, 1.82) is 0 Å². The Morgan fingerprint density at radius 3 is 2.50 bits per heavy atom. The average molecular weight is 368 g/mol. The van der Waals surface area contributed by atoms with E-state index < -0.39 is 0 Å². The number of nitrogens with zero attached hydrogens (tertiary/aromatic N) is 1. The normalized spacial score (nSPS) is 11.1. The second-order valence-corrected chi connectivity index (χ2v) is 5.70. The zero-order valence-electron chi connectivity index (χ0n) is 9.82. The molecule has 0 bridgehead atoms. The zero-order chi connectivity index (χ0) is 12.7. The molecule has 0 N–H and O–H groups in total. The standard InChI is InChI=1S/C15H11ClIN/c1-10-7-8-12-13(9-10)18(15(17)14(12)16)11-5-3-2-4-6-11/h2-9H,1H3. The molecule has 3 heteroatoms. The van der Waals surface area contributed by atoms with Crippen molar-refractivity contribution in [3.05, 3.63) is 62.8 Å². The van der Waals surface area contributed by atoms with Crippen LogP contribution >= 0.6 is 34.2 Å². The van der Waals surface area contributed by atoms with Crippen LogP contribution in [0, 0.1) is 10.6 Å². The molecule has 2 aromatic carbocycles. The van der Waals surface area contributed by atoms with Crippen LogP contribution in [0.4, 0.5) is 0 Å². The summed E-state index contributed by atoms with van der Waals surface area (Å²) in [5.41, 5.74) is 3.55. The van der Waals surface area contributed by atoms with Gasteiger partial charge in [0.2, 0.25) is 0 Å². The van der Waals surface area contributed by atoms with Gasteiger partial charge in [0, 0.05) is 11.1 Å². The highest BCUT2D eigenvalue weighted by atomic mass is 127. The number of aryl methyl sites for hydroxylation is 1. The fourth-order valence-corrected chi connectivity index (χ4v) is 3.23. The second kappa shape index (κ2) is 4.59. The van der Waals surface area contributed by atoms with Crippen LogP contribution in [0.5, 0.6) is 0 Å². The van der Waals surface area contributed by atoms with E-state index in [9.17, 15) is 0 Å². The smallest absolute Gasteiger partial charge is 0.104 e. The van der Waals surface area contributed by atoms with Gasteiger partial charge in [0.25, 0.3) is 0 Å². The van der Waals surface area contributed by atoms with Crippen LogP contribution < -0.4 is 0 Å². The molecular weight excluding hydrogens is 357 g/mol. The second-order valence-electron chi connectivity index (χ2n) is 4.30. The fraction of sp³-hybridized carbons (Fsp3) is 0.0667. The van der Waals surface area contributed by atoms with Gasteiger partial charge in [-0.25, -0.2) is 0 Å². The monoisotopic (exact) mass is 367 g/mol. The molecule has 1 aromatic heterocycles. The zero-order valence-corrected chi connectivity index (χ0v) is 12.7. The van der Waals surface area contributed by atoms with Gasteiger partial charge in [0.15, 0.2) is 0 Å². The minimum Gasteiger partial charge on any atom is -0.303 e. The molecule has 0 amide bonds. The van der Waals surface area contributed by atoms with Crippen molar-refractivity contribution >= 4 is 45.1 Å². The predicted molar refractivity (Wildman–Crippen MR) is 85.7 cm³/mol. The van der Waals surface area contributed by atoms with Crippen molar-refractivity contribution in [3.63, 3.8) is 0 Å². The molecule has 3 aromatic rings. The predicted octanol–water partition coefficient (Wildman–Crippen LogP) is 5.20. The Morgan fingerprint density at radius 1 is 1.06 bits per heavy atom. The fourth-order valence-electron chi connectivity index (χ4n) is 2.16. The van der Waals surface area contributed by atoms with E-state index in [0.29, 0.717) is 0 Å². The van der Waals surface area contributed by atoms with Crippen LogP contribution in [-0.2, 0) is 0 Å². The molecule has 0 radical (unpaired) electrons. The van der Waals surface area contributed by atoms with E-state index in [2.05, 4.69) is 64.4 Å². The summed E-state index contributed by atoms with van der Waals surface area (Å²) in [7, 11) is 0. The van der Waals surface area contributed by atoms with Crippen molar-refractivity contribution < 1.29 is 0 Å². The lowest BCUT2D eigenvalue weighted by molar-refractivity contribution is 1.09. The molecule has 90 valence electrons. The maximum Gasteiger partial charge on any atom is 0.104 e. The van der Waals surface area contributed by atoms with E-state index in [1.807, 2.05) is 18.2 Å². The molecule has 0 aliphatic heterocycles. The topological polar surface area (TPSA) is 4.93 Å². The molecule has 0 atom stereocenters. The molecule has 0 fully saturated rings. The number of rotatable bonds is 1. The number of aromatic nitrogens is 1. The number of hydrogen-bond donors (Lipinski definition) is 0. The summed E-state index contributed by atoms with van der Waals surface area (Å²) in [6.45, 7) is 2.10. The van der Waals surface area contributed by atoms with Gasteiger partial charge in [-0.15, -0.1) is 0 Å². The van der Waals surface area contributed by atoms with Gasteiger partial charge in [0.1, 0.15) is 3.70 Å². The minimum atomic E-state index is 0.828. The third-order valence-corrected chi connectivity index (χ3v) is 4.75. The van der Waals surface area contributed by atoms with E-state index in [4.69, 9.17) is 11.6 Å². The maximum atomic E-state index is 6.42. The highest BCUT2D eigenvalue weighted by molar-refractivity contribution is 14.1. The van der Waals surface area contributed by atoms with Crippen LogP contribution in [0.2, 0.25) is 5.02 Å². The van der Waals surface area contributed by atoms with Crippen LogP contribution in [0.1, 0.15) is 5.56 Å². The first-order chi connectivity index (χ1) is 8.68. The molecule has 18 heavy (non-hydrogen) atoms. The van der Waals surface area contributed by atoms with Crippen molar-refractivity contribution in [3.8, 4) is 5.69 Å². The molecule has 0 aliphatic rings. The number of fused-ring (bicyclic) bond motifs is 1.